The van der Waals surface area contributed by atoms with Crippen molar-refractivity contribution in [3.05, 3.63) is 72.3 Å². The Morgan fingerprint density at radius 3 is 2.45 bits per heavy atom. The molecule has 0 radical (unpaired) electrons. The number of nitrogens with zero attached hydrogens (tertiary/aromatic N) is 5. The topological polar surface area (TPSA) is 101 Å². The van der Waals surface area contributed by atoms with Crippen LogP contribution >= 0.6 is 0 Å². The van der Waals surface area contributed by atoms with Gasteiger partial charge in [-0.05, 0) is 68.4 Å². The Morgan fingerprint density at radius 1 is 1.05 bits per heavy atom. The van der Waals surface area contributed by atoms with Crippen molar-refractivity contribution < 1.29 is 14.3 Å². The molecule has 1 N–H and O–H groups in total. The third kappa shape index (κ3) is 7.50. The SMILES string of the molecule is CN(Cc1cccc(-c2cnc(N3CCC(c4cccnc4)CC3)nc2)c1)C(=O)CNC(=O)OC(C)(C)C. The van der Waals surface area contributed by atoms with E-state index in [4.69, 9.17) is 4.74 Å². The number of amides is 2. The molecule has 1 saturated heterocycles. The number of carbonyl (C=O) groups is 2. The van der Waals surface area contributed by atoms with Crippen LogP contribution in [-0.2, 0) is 16.1 Å². The molecule has 1 aliphatic heterocycles. The molecular formula is C29H36N6O3. The average Bonchev–Trinajstić information content (AvgIpc) is 2.91. The zero-order chi connectivity index (χ0) is 27.1. The first kappa shape index (κ1) is 27.0. The summed E-state index contributed by atoms with van der Waals surface area (Å²) in [5.41, 5.74) is 3.56. The number of rotatable bonds is 7. The number of hydrogen-bond donors (Lipinski definition) is 1. The van der Waals surface area contributed by atoms with Crippen molar-refractivity contribution in [1.29, 1.82) is 0 Å². The molecule has 2 amide bonds. The van der Waals surface area contributed by atoms with Gasteiger partial charge in [0.25, 0.3) is 0 Å². The van der Waals surface area contributed by atoms with E-state index in [0.29, 0.717) is 12.5 Å². The van der Waals surface area contributed by atoms with E-state index >= 15 is 0 Å². The number of aromatic nitrogens is 3. The monoisotopic (exact) mass is 516 g/mol. The number of benzene rings is 1. The van der Waals surface area contributed by atoms with Gasteiger partial charge in [0.2, 0.25) is 11.9 Å². The van der Waals surface area contributed by atoms with E-state index in [2.05, 4.69) is 31.2 Å². The Hall–Kier alpha value is -4.01. The van der Waals surface area contributed by atoms with Gasteiger partial charge in [-0.25, -0.2) is 14.8 Å². The van der Waals surface area contributed by atoms with Gasteiger partial charge >= 0.3 is 6.09 Å². The van der Waals surface area contributed by atoms with Crippen LogP contribution in [0.2, 0.25) is 0 Å². The molecule has 200 valence electrons. The zero-order valence-corrected chi connectivity index (χ0v) is 22.6. The third-order valence-electron chi connectivity index (χ3n) is 6.46. The Morgan fingerprint density at radius 2 is 1.79 bits per heavy atom. The summed E-state index contributed by atoms with van der Waals surface area (Å²) >= 11 is 0. The van der Waals surface area contributed by atoms with Gasteiger partial charge in [-0.1, -0.05) is 24.3 Å². The quantitative estimate of drug-likeness (QED) is 0.497. The average molecular weight is 517 g/mol. The maximum absolute atomic E-state index is 12.5. The molecule has 0 spiro atoms. The van der Waals surface area contributed by atoms with Crippen LogP contribution in [0.1, 0.15) is 50.7 Å². The number of pyridine rings is 1. The van der Waals surface area contributed by atoms with Gasteiger partial charge < -0.3 is 19.9 Å². The van der Waals surface area contributed by atoms with Crippen LogP contribution in [0.3, 0.4) is 0 Å². The molecule has 3 aromatic rings. The van der Waals surface area contributed by atoms with Crippen LogP contribution in [-0.4, -0.2) is 64.1 Å². The van der Waals surface area contributed by atoms with Crippen molar-refractivity contribution in [1.82, 2.24) is 25.2 Å². The summed E-state index contributed by atoms with van der Waals surface area (Å²) in [5, 5.41) is 2.51. The summed E-state index contributed by atoms with van der Waals surface area (Å²) in [6.07, 6.45) is 8.99. The first-order valence-electron chi connectivity index (χ1n) is 12.9. The highest BCUT2D eigenvalue weighted by Gasteiger charge is 2.22. The van der Waals surface area contributed by atoms with Crippen LogP contribution in [0.4, 0.5) is 10.7 Å². The molecule has 3 heterocycles. The fourth-order valence-corrected chi connectivity index (χ4v) is 4.47. The lowest BCUT2D eigenvalue weighted by Crippen LogP contribution is -2.40. The van der Waals surface area contributed by atoms with Crippen molar-refractivity contribution in [2.24, 2.45) is 0 Å². The molecule has 1 aliphatic rings. The predicted molar refractivity (Wildman–Crippen MR) is 147 cm³/mol. The summed E-state index contributed by atoms with van der Waals surface area (Å²) in [6.45, 7) is 7.44. The zero-order valence-electron chi connectivity index (χ0n) is 22.6. The second-order valence-electron chi connectivity index (χ2n) is 10.6. The van der Waals surface area contributed by atoms with Gasteiger partial charge in [-0.15, -0.1) is 0 Å². The highest BCUT2D eigenvalue weighted by molar-refractivity contribution is 5.82. The minimum absolute atomic E-state index is 0.125. The van der Waals surface area contributed by atoms with Crippen molar-refractivity contribution >= 4 is 17.9 Å². The van der Waals surface area contributed by atoms with E-state index in [0.717, 1.165) is 48.6 Å². The van der Waals surface area contributed by atoms with Crippen LogP contribution < -0.4 is 10.2 Å². The molecule has 9 heteroatoms. The van der Waals surface area contributed by atoms with Gasteiger partial charge in [-0.2, -0.15) is 0 Å². The highest BCUT2D eigenvalue weighted by Crippen LogP contribution is 2.29. The first-order chi connectivity index (χ1) is 18.2. The molecule has 1 aromatic carbocycles. The highest BCUT2D eigenvalue weighted by atomic mass is 16.6. The van der Waals surface area contributed by atoms with E-state index in [9.17, 15) is 9.59 Å². The Kier molecular flexibility index (Phi) is 8.55. The molecule has 4 rings (SSSR count). The number of likely N-dealkylation sites (N-methyl/N-ethyl adjacent to an activating group) is 1. The molecule has 0 bridgehead atoms. The summed E-state index contributed by atoms with van der Waals surface area (Å²) in [7, 11) is 1.71. The maximum Gasteiger partial charge on any atom is 0.408 e. The van der Waals surface area contributed by atoms with Gasteiger partial charge in [0.05, 0.1) is 0 Å². The lowest BCUT2D eigenvalue weighted by atomic mass is 9.91. The van der Waals surface area contributed by atoms with Gasteiger partial charge in [0.1, 0.15) is 12.1 Å². The summed E-state index contributed by atoms with van der Waals surface area (Å²) < 4.78 is 5.18. The molecule has 0 unspecified atom stereocenters. The van der Waals surface area contributed by atoms with Crippen LogP contribution in [0.5, 0.6) is 0 Å². The number of ether oxygens (including phenoxy) is 1. The van der Waals surface area contributed by atoms with Crippen molar-refractivity contribution in [2.75, 3.05) is 31.6 Å². The molecule has 0 saturated carbocycles. The molecule has 9 nitrogen and oxygen atoms in total. The lowest BCUT2D eigenvalue weighted by Gasteiger charge is -2.32. The number of carbonyl (C=O) groups excluding carboxylic acids is 2. The minimum Gasteiger partial charge on any atom is -0.444 e. The lowest BCUT2D eigenvalue weighted by molar-refractivity contribution is -0.129. The molecule has 38 heavy (non-hydrogen) atoms. The van der Waals surface area contributed by atoms with E-state index in [-0.39, 0.29) is 12.5 Å². The smallest absolute Gasteiger partial charge is 0.408 e. The summed E-state index contributed by atoms with van der Waals surface area (Å²) in [5.74, 6) is 1.07. The molecule has 0 aliphatic carbocycles. The van der Waals surface area contributed by atoms with Crippen LogP contribution in [0, 0.1) is 0 Å². The van der Waals surface area contributed by atoms with Gasteiger partial charge in [-0.3, -0.25) is 9.78 Å². The van der Waals surface area contributed by atoms with Crippen LogP contribution in [0.25, 0.3) is 11.1 Å². The maximum atomic E-state index is 12.5. The van der Waals surface area contributed by atoms with Gasteiger partial charge in [0.15, 0.2) is 0 Å². The van der Waals surface area contributed by atoms with Gasteiger partial charge in [0, 0.05) is 57.0 Å². The van der Waals surface area contributed by atoms with E-state index in [1.807, 2.05) is 55.1 Å². The fraction of sp³-hybridized carbons (Fsp3) is 0.414. The van der Waals surface area contributed by atoms with Crippen molar-refractivity contribution in [2.45, 2.75) is 51.7 Å². The second-order valence-corrected chi connectivity index (χ2v) is 10.6. The van der Waals surface area contributed by atoms with E-state index in [1.54, 1.807) is 32.7 Å². The molecular weight excluding hydrogens is 480 g/mol. The Bertz CT molecular complexity index is 1220. The van der Waals surface area contributed by atoms with Crippen molar-refractivity contribution in [3.63, 3.8) is 0 Å². The van der Waals surface area contributed by atoms with Crippen molar-refractivity contribution in [3.8, 4) is 11.1 Å². The molecule has 2 aromatic heterocycles. The second kappa shape index (κ2) is 12.0. The van der Waals surface area contributed by atoms with Crippen LogP contribution in [0.15, 0.2) is 61.2 Å². The van der Waals surface area contributed by atoms with E-state index < -0.39 is 11.7 Å². The summed E-state index contributed by atoms with van der Waals surface area (Å²) in [6, 6.07) is 12.1. The molecule has 1 fully saturated rings. The number of nitrogens with one attached hydrogen (secondary N) is 1. The largest absolute Gasteiger partial charge is 0.444 e. The van der Waals surface area contributed by atoms with E-state index in [1.165, 1.54) is 5.56 Å². The Balaban J connectivity index is 1.31. The fourth-order valence-electron chi connectivity index (χ4n) is 4.47. The normalized spacial score (nSPS) is 14.2. The Labute approximate surface area is 224 Å². The summed E-state index contributed by atoms with van der Waals surface area (Å²) in [4.78, 5) is 41.7. The first-order valence-corrected chi connectivity index (χ1v) is 12.9. The molecule has 0 atom stereocenters. The number of hydrogen-bond acceptors (Lipinski definition) is 7. The predicted octanol–water partition coefficient (Wildman–Crippen LogP) is 4.41. The number of anilines is 1. The minimum atomic E-state index is -0.613. The third-order valence-corrected chi connectivity index (χ3v) is 6.46. The number of alkyl carbamates (subject to hydrolysis) is 1. The number of piperidine rings is 1. The standard InChI is InChI=1S/C29H36N6O3/c1-29(2,3)38-28(37)33-19-26(36)34(4)20-21-7-5-8-23(15-21)25-17-31-27(32-18-25)35-13-10-22(11-14-35)24-9-6-12-30-16-24/h5-9,12,15-18,22H,10-11,13-14,19-20H2,1-4H3,(H,33,37).